The van der Waals surface area contributed by atoms with E-state index in [9.17, 15) is 13.2 Å². The number of ether oxygens (including phenoxy) is 1. The standard InChI is InChI=1S/C11H8BrClN2O4S2/c1-19-11(16)9-7(2-3-20-9)15-21(17,18)8-4-6(12)5-14-10(8)13/h2-5,15H,1H3. The first-order valence-corrected chi connectivity index (χ1v) is 8.88. The van der Waals surface area contributed by atoms with Crippen LogP contribution in [0.1, 0.15) is 9.67 Å². The van der Waals surface area contributed by atoms with Crippen molar-refractivity contribution in [2.75, 3.05) is 11.8 Å². The molecule has 0 atom stereocenters. The van der Waals surface area contributed by atoms with Gasteiger partial charge in [-0.15, -0.1) is 11.3 Å². The number of thiophene rings is 1. The Morgan fingerprint density at radius 3 is 2.90 bits per heavy atom. The zero-order valence-electron chi connectivity index (χ0n) is 10.5. The van der Waals surface area contributed by atoms with E-state index in [-0.39, 0.29) is 20.6 Å². The number of carbonyl (C=O) groups excluding carboxylic acids is 1. The van der Waals surface area contributed by atoms with Crippen molar-refractivity contribution >= 4 is 60.5 Å². The van der Waals surface area contributed by atoms with Crippen molar-refractivity contribution < 1.29 is 17.9 Å². The third kappa shape index (κ3) is 3.54. The molecule has 0 fully saturated rings. The van der Waals surface area contributed by atoms with E-state index in [1.54, 1.807) is 5.38 Å². The van der Waals surface area contributed by atoms with Crippen molar-refractivity contribution in [3.63, 3.8) is 0 Å². The van der Waals surface area contributed by atoms with Crippen LogP contribution in [-0.2, 0) is 14.8 Å². The quantitative estimate of drug-likeness (QED) is 0.617. The first-order valence-electron chi connectivity index (χ1n) is 5.35. The Morgan fingerprint density at radius 1 is 1.52 bits per heavy atom. The molecule has 10 heteroatoms. The molecule has 0 amide bonds. The highest BCUT2D eigenvalue weighted by Gasteiger charge is 2.23. The SMILES string of the molecule is COC(=O)c1sccc1NS(=O)(=O)c1cc(Br)cnc1Cl. The molecule has 2 rings (SSSR count). The maximum atomic E-state index is 12.3. The first-order chi connectivity index (χ1) is 9.85. The molecule has 0 spiro atoms. The lowest BCUT2D eigenvalue weighted by Gasteiger charge is -2.09. The number of aromatic nitrogens is 1. The molecule has 2 aromatic heterocycles. The van der Waals surface area contributed by atoms with E-state index < -0.39 is 16.0 Å². The number of nitrogens with one attached hydrogen (secondary N) is 1. The van der Waals surface area contributed by atoms with Crippen LogP contribution in [0.2, 0.25) is 5.15 Å². The van der Waals surface area contributed by atoms with Crippen LogP contribution in [0, 0.1) is 0 Å². The molecule has 0 aliphatic rings. The van der Waals surface area contributed by atoms with E-state index in [0.29, 0.717) is 4.47 Å². The summed E-state index contributed by atoms with van der Waals surface area (Å²) in [5, 5.41) is 1.41. The Bertz CT molecular complexity index is 791. The second-order valence-electron chi connectivity index (χ2n) is 3.70. The van der Waals surface area contributed by atoms with Crippen molar-refractivity contribution in [1.29, 1.82) is 0 Å². The van der Waals surface area contributed by atoms with Gasteiger partial charge in [0.1, 0.15) is 14.9 Å². The van der Waals surface area contributed by atoms with E-state index >= 15 is 0 Å². The highest BCUT2D eigenvalue weighted by molar-refractivity contribution is 9.10. The molecule has 0 radical (unpaired) electrons. The second kappa shape index (κ2) is 6.30. The average Bonchev–Trinajstić information content (AvgIpc) is 2.87. The van der Waals surface area contributed by atoms with Gasteiger partial charge < -0.3 is 4.74 Å². The minimum absolute atomic E-state index is 0.128. The number of esters is 1. The third-order valence-electron chi connectivity index (χ3n) is 2.34. The van der Waals surface area contributed by atoms with Crippen LogP contribution in [0.25, 0.3) is 0 Å². The van der Waals surface area contributed by atoms with Gasteiger partial charge in [0.2, 0.25) is 0 Å². The Morgan fingerprint density at radius 2 is 2.24 bits per heavy atom. The predicted octanol–water partition coefficient (Wildman–Crippen LogP) is 3.15. The summed E-state index contributed by atoms with van der Waals surface area (Å²) in [5.41, 5.74) is 0.128. The van der Waals surface area contributed by atoms with Gasteiger partial charge in [0.15, 0.2) is 0 Å². The number of rotatable bonds is 4. The molecule has 0 saturated heterocycles. The molecule has 0 unspecified atom stereocenters. The van der Waals surface area contributed by atoms with Gasteiger partial charge in [0.25, 0.3) is 10.0 Å². The van der Waals surface area contributed by atoms with Gasteiger partial charge >= 0.3 is 5.97 Å². The number of methoxy groups -OCH3 is 1. The summed E-state index contributed by atoms with van der Waals surface area (Å²) >= 11 is 10.0. The summed E-state index contributed by atoms with van der Waals surface area (Å²) in [4.78, 5) is 15.3. The Hall–Kier alpha value is -1.16. The summed E-state index contributed by atoms with van der Waals surface area (Å²) in [7, 11) is -2.76. The van der Waals surface area contributed by atoms with E-state index in [4.69, 9.17) is 11.6 Å². The average molecular weight is 412 g/mol. The fourth-order valence-corrected chi connectivity index (χ4v) is 4.28. The predicted molar refractivity (Wildman–Crippen MR) is 83.4 cm³/mol. The van der Waals surface area contributed by atoms with Crippen molar-refractivity contribution in [3.8, 4) is 0 Å². The summed E-state index contributed by atoms with van der Waals surface area (Å²) in [5.74, 6) is -0.624. The highest BCUT2D eigenvalue weighted by Crippen LogP contribution is 2.28. The smallest absolute Gasteiger partial charge is 0.350 e. The third-order valence-corrected chi connectivity index (χ3v) is 5.46. The summed E-state index contributed by atoms with van der Waals surface area (Å²) in [6.07, 6.45) is 1.38. The van der Waals surface area contributed by atoms with Crippen LogP contribution >= 0.6 is 38.9 Å². The number of carbonyl (C=O) groups is 1. The summed E-state index contributed by atoms with van der Waals surface area (Å²) in [6, 6.07) is 2.79. The van der Waals surface area contributed by atoms with Crippen molar-refractivity contribution in [3.05, 3.63) is 38.2 Å². The number of nitrogens with zero attached hydrogens (tertiary/aromatic N) is 1. The maximum Gasteiger partial charge on any atom is 0.350 e. The van der Waals surface area contributed by atoms with Crippen LogP contribution in [0.15, 0.2) is 33.1 Å². The van der Waals surface area contributed by atoms with Crippen LogP contribution in [-0.4, -0.2) is 26.5 Å². The first kappa shape index (κ1) is 16.2. The lowest BCUT2D eigenvalue weighted by atomic mass is 10.4. The largest absolute Gasteiger partial charge is 0.465 e. The van der Waals surface area contributed by atoms with Gasteiger partial charge in [-0.05, 0) is 33.4 Å². The van der Waals surface area contributed by atoms with Crippen LogP contribution in [0.4, 0.5) is 5.69 Å². The molecule has 0 aromatic carbocycles. The minimum atomic E-state index is -3.98. The maximum absolute atomic E-state index is 12.3. The molecule has 0 saturated carbocycles. The molecule has 0 aliphatic carbocycles. The van der Waals surface area contributed by atoms with E-state index in [2.05, 4.69) is 30.4 Å². The molecule has 1 N–H and O–H groups in total. The number of hydrogen-bond acceptors (Lipinski definition) is 6. The number of anilines is 1. The number of sulfonamides is 1. The normalized spacial score (nSPS) is 11.2. The molecule has 0 aliphatic heterocycles. The van der Waals surface area contributed by atoms with E-state index in [0.717, 1.165) is 11.3 Å². The number of halogens is 2. The summed E-state index contributed by atoms with van der Waals surface area (Å²) < 4.78 is 32.0. The van der Waals surface area contributed by atoms with Gasteiger partial charge in [-0.2, -0.15) is 0 Å². The van der Waals surface area contributed by atoms with Crippen molar-refractivity contribution in [2.24, 2.45) is 0 Å². The zero-order chi connectivity index (χ0) is 15.6. The Kier molecular flexibility index (Phi) is 4.87. The Balaban J connectivity index is 2.41. The van der Waals surface area contributed by atoms with E-state index in [1.165, 1.54) is 25.4 Å². The van der Waals surface area contributed by atoms with Crippen LogP contribution in [0.5, 0.6) is 0 Å². The zero-order valence-corrected chi connectivity index (χ0v) is 14.4. The van der Waals surface area contributed by atoms with Gasteiger partial charge in [-0.25, -0.2) is 18.2 Å². The molecule has 6 nitrogen and oxygen atoms in total. The highest BCUT2D eigenvalue weighted by atomic mass is 79.9. The molecule has 2 aromatic rings. The fourth-order valence-electron chi connectivity index (χ4n) is 1.43. The molecule has 21 heavy (non-hydrogen) atoms. The molecule has 2 heterocycles. The molecular weight excluding hydrogens is 404 g/mol. The Labute approximate surface area is 138 Å². The van der Waals surface area contributed by atoms with Crippen LogP contribution in [0.3, 0.4) is 0 Å². The number of hydrogen-bond donors (Lipinski definition) is 1. The van der Waals surface area contributed by atoms with Gasteiger partial charge in [0, 0.05) is 10.7 Å². The number of pyridine rings is 1. The lowest BCUT2D eigenvalue weighted by molar-refractivity contribution is 0.0607. The molecule has 112 valence electrons. The fraction of sp³-hybridized carbons (Fsp3) is 0.0909. The molecule has 0 bridgehead atoms. The van der Waals surface area contributed by atoms with Crippen molar-refractivity contribution in [1.82, 2.24) is 4.98 Å². The van der Waals surface area contributed by atoms with E-state index in [1.807, 2.05) is 0 Å². The van der Waals surface area contributed by atoms with Crippen molar-refractivity contribution in [2.45, 2.75) is 4.90 Å². The van der Waals surface area contributed by atoms with Crippen LogP contribution < -0.4 is 4.72 Å². The summed E-state index contributed by atoms with van der Waals surface area (Å²) in [6.45, 7) is 0. The second-order valence-corrected chi connectivity index (χ2v) is 7.54. The minimum Gasteiger partial charge on any atom is -0.465 e. The van der Waals surface area contributed by atoms with Gasteiger partial charge in [-0.1, -0.05) is 11.6 Å². The topological polar surface area (TPSA) is 85.4 Å². The lowest BCUT2D eigenvalue weighted by Crippen LogP contribution is -2.15. The molecular formula is C11H8BrClN2O4S2. The van der Waals surface area contributed by atoms with Gasteiger partial charge in [0.05, 0.1) is 12.8 Å². The van der Waals surface area contributed by atoms with Gasteiger partial charge in [-0.3, -0.25) is 4.72 Å². The monoisotopic (exact) mass is 410 g/mol.